The summed E-state index contributed by atoms with van der Waals surface area (Å²) in [5.41, 5.74) is 2.59. The average molecular weight is 406 g/mol. The molecular weight excluding hydrogens is 382 g/mol. The van der Waals surface area contributed by atoms with E-state index in [4.69, 9.17) is 11.6 Å². The first kappa shape index (κ1) is 18.8. The topological polar surface area (TPSA) is 70.2 Å². The van der Waals surface area contributed by atoms with Crippen molar-refractivity contribution in [3.63, 3.8) is 0 Å². The van der Waals surface area contributed by atoms with Crippen molar-refractivity contribution >= 4 is 35.1 Å². The van der Waals surface area contributed by atoms with E-state index in [0.29, 0.717) is 16.7 Å². The van der Waals surface area contributed by atoms with Gasteiger partial charge in [0.2, 0.25) is 5.91 Å². The molecule has 1 amide bonds. The Morgan fingerprint density at radius 1 is 1.11 bits per heavy atom. The molecule has 0 bridgehead atoms. The zero-order valence-electron chi connectivity index (χ0n) is 15.4. The molecule has 3 N–H and O–H groups in total. The van der Waals surface area contributed by atoms with E-state index in [1.807, 2.05) is 24.3 Å². The van der Waals surface area contributed by atoms with E-state index < -0.39 is 0 Å². The molecule has 1 aromatic carbocycles. The maximum atomic E-state index is 13.1. The molecule has 0 aromatic heterocycles. The average Bonchev–Trinajstić information content (AvgIpc) is 2.60. The Morgan fingerprint density at radius 2 is 1.85 bits per heavy atom. The first-order valence-electron chi connectivity index (χ1n) is 9.44. The fourth-order valence-electron chi connectivity index (χ4n) is 4.29. The number of hydrogen-bond acceptors (Lipinski definition) is 5. The zero-order valence-corrected chi connectivity index (χ0v) is 17.0. The Balaban J connectivity index is 1.75. The number of carbonyl (C=O) groups excluding carboxylic acids is 2. The third-order valence-corrected chi connectivity index (χ3v) is 6.68. The standard InChI is InChI=1S/C20H24ClN3O2S/c1-10(2)27-20-23-18-17(19(26)24-20)15(11-6-8-12(21)9-7-11)16-13(22-18)4-3-5-14(16)25/h6-10,15,17-18,20,22-23H,3-5H2,1-2H3,(H,24,26). The normalized spacial score (nSPS) is 30.5. The minimum atomic E-state index is -0.379. The predicted octanol–water partition coefficient (Wildman–Crippen LogP) is 3.12. The van der Waals surface area contributed by atoms with Crippen LogP contribution in [0.1, 0.15) is 44.6 Å². The molecule has 1 saturated heterocycles. The number of fused-ring (bicyclic) bond motifs is 1. The molecule has 4 unspecified atom stereocenters. The number of allylic oxidation sites excluding steroid dienone is 2. The number of nitrogens with one attached hydrogen (secondary N) is 3. The molecule has 0 radical (unpaired) electrons. The molecule has 5 nitrogen and oxygen atoms in total. The molecular formula is C20H24ClN3O2S. The van der Waals surface area contributed by atoms with Crippen LogP contribution < -0.4 is 16.0 Å². The van der Waals surface area contributed by atoms with Crippen LogP contribution in [-0.2, 0) is 9.59 Å². The maximum Gasteiger partial charge on any atom is 0.229 e. The predicted molar refractivity (Wildman–Crippen MR) is 108 cm³/mol. The van der Waals surface area contributed by atoms with Crippen LogP contribution in [0.3, 0.4) is 0 Å². The van der Waals surface area contributed by atoms with Gasteiger partial charge in [-0.2, -0.15) is 0 Å². The Morgan fingerprint density at radius 3 is 2.56 bits per heavy atom. The molecule has 27 heavy (non-hydrogen) atoms. The van der Waals surface area contributed by atoms with E-state index >= 15 is 0 Å². The van der Waals surface area contributed by atoms with Crippen molar-refractivity contribution in [2.24, 2.45) is 5.92 Å². The second-order valence-corrected chi connectivity index (χ2v) is 9.71. The van der Waals surface area contributed by atoms with Gasteiger partial charge in [0.15, 0.2) is 5.78 Å². The highest BCUT2D eigenvalue weighted by Gasteiger charge is 2.49. The Labute approximate surface area is 168 Å². The van der Waals surface area contributed by atoms with Gasteiger partial charge in [-0.3, -0.25) is 14.9 Å². The summed E-state index contributed by atoms with van der Waals surface area (Å²) in [4.78, 5) is 25.9. The Bertz CT molecular complexity index is 793. The number of ketones is 1. The Hall–Kier alpha value is -1.50. The number of Topliss-reactive ketones (excluding diaryl/α,β-unsaturated/α-hetero) is 1. The van der Waals surface area contributed by atoms with Crippen LogP contribution in [0.25, 0.3) is 0 Å². The number of benzene rings is 1. The molecule has 3 aliphatic rings. The number of rotatable bonds is 3. The number of hydrogen-bond donors (Lipinski definition) is 3. The second-order valence-electron chi connectivity index (χ2n) is 7.59. The Kier molecular flexibility index (Phi) is 5.23. The lowest BCUT2D eigenvalue weighted by atomic mass is 9.70. The highest BCUT2D eigenvalue weighted by Crippen LogP contribution is 2.44. The number of amides is 1. The number of thioether (sulfide) groups is 1. The van der Waals surface area contributed by atoms with Gasteiger partial charge < -0.3 is 10.6 Å². The lowest BCUT2D eigenvalue weighted by Crippen LogP contribution is -2.68. The van der Waals surface area contributed by atoms with Gasteiger partial charge in [-0.15, -0.1) is 11.8 Å². The highest BCUT2D eigenvalue weighted by atomic mass is 35.5. The molecule has 2 aliphatic heterocycles. The van der Waals surface area contributed by atoms with Crippen molar-refractivity contribution < 1.29 is 9.59 Å². The highest BCUT2D eigenvalue weighted by molar-refractivity contribution is 8.00. The van der Waals surface area contributed by atoms with Crippen LogP contribution in [0.4, 0.5) is 0 Å². The van der Waals surface area contributed by atoms with Crippen LogP contribution in [0.15, 0.2) is 35.5 Å². The van der Waals surface area contributed by atoms with E-state index in [9.17, 15) is 9.59 Å². The molecule has 4 atom stereocenters. The summed E-state index contributed by atoms with van der Waals surface area (Å²) in [7, 11) is 0. The third-order valence-electron chi connectivity index (χ3n) is 5.36. The smallest absolute Gasteiger partial charge is 0.229 e. The van der Waals surface area contributed by atoms with Gasteiger partial charge in [-0.05, 0) is 30.5 Å². The molecule has 1 aromatic rings. The summed E-state index contributed by atoms with van der Waals surface area (Å²) in [5, 5.41) is 11.1. The fraction of sp³-hybridized carbons (Fsp3) is 0.500. The minimum Gasteiger partial charge on any atom is -0.372 e. The van der Waals surface area contributed by atoms with Crippen molar-refractivity contribution in [2.45, 2.75) is 55.9 Å². The number of halogens is 1. The van der Waals surface area contributed by atoms with Crippen molar-refractivity contribution in [3.05, 3.63) is 46.1 Å². The van der Waals surface area contributed by atoms with E-state index in [0.717, 1.165) is 29.7 Å². The first-order chi connectivity index (χ1) is 12.9. The summed E-state index contributed by atoms with van der Waals surface area (Å²) in [6.45, 7) is 4.21. The van der Waals surface area contributed by atoms with Crippen LogP contribution in [0.2, 0.25) is 5.02 Å². The van der Waals surface area contributed by atoms with Crippen LogP contribution in [-0.4, -0.2) is 28.6 Å². The van der Waals surface area contributed by atoms with Crippen molar-refractivity contribution in [2.75, 3.05) is 0 Å². The summed E-state index contributed by atoms with van der Waals surface area (Å²) in [6.07, 6.45) is 2.05. The quantitative estimate of drug-likeness (QED) is 0.720. The maximum absolute atomic E-state index is 13.1. The summed E-state index contributed by atoms with van der Waals surface area (Å²) < 4.78 is 0. The van der Waals surface area contributed by atoms with Crippen molar-refractivity contribution in [1.82, 2.24) is 16.0 Å². The largest absolute Gasteiger partial charge is 0.372 e. The molecule has 0 spiro atoms. The first-order valence-corrected chi connectivity index (χ1v) is 10.8. The van der Waals surface area contributed by atoms with E-state index in [-0.39, 0.29) is 35.2 Å². The fourth-order valence-corrected chi connectivity index (χ4v) is 5.37. The van der Waals surface area contributed by atoms with Gasteiger partial charge in [-0.1, -0.05) is 37.6 Å². The SMILES string of the molecule is CC(C)SC1NC(=O)C2C(NC3=C(C(=O)CCC3)C2c2ccc(Cl)cc2)N1. The molecule has 1 aliphatic carbocycles. The third kappa shape index (κ3) is 3.62. The molecule has 1 fully saturated rings. The number of carbonyl (C=O) groups is 2. The zero-order chi connectivity index (χ0) is 19.1. The minimum absolute atomic E-state index is 0.0192. The van der Waals surface area contributed by atoms with Crippen LogP contribution in [0, 0.1) is 5.92 Å². The second kappa shape index (κ2) is 7.49. The summed E-state index contributed by atoms with van der Waals surface area (Å²) in [5.74, 6) is -0.507. The van der Waals surface area contributed by atoms with E-state index in [1.165, 1.54) is 0 Å². The van der Waals surface area contributed by atoms with Gasteiger partial charge in [0.05, 0.1) is 12.1 Å². The van der Waals surface area contributed by atoms with Gasteiger partial charge in [0.1, 0.15) is 5.50 Å². The molecule has 4 rings (SSSR count). The molecule has 7 heteroatoms. The van der Waals surface area contributed by atoms with E-state index in [2.05, 4.69) is 29.8 Å². The lowest BCUT2D eigenvalue weighted by Gasteiger charge is -2.47. The molecule has 144 valence electrons. The van der Waals surface area contributed by atoms with Crippen LogP contribution >= 0.6 is 23.4 Å². The monoisotopic (exact) mass is 405 g/mol. The van der Waals surface area contributed by atoms with Gasteiger partial charge >= 0.3 is 0 Å². The summed E-state index contributed by atoms with van der Waals surface area (Å²) >= 11 is 7.74. The van der Waals surface area contributed by atoms with Gasteiger partial charge in [-0.25, -0.2) is 0 Å². The molecule has 0 saturated carbocycles. The van der Waals surface area contributed by atoms with Gasteiger partial charge in [0.25, 0.3) is 0 Å². The summed E-state index contributed by atoms with van der Waals surface area (Å²) in [6, 6.07) is 7.52. The van der Waals surface area contributed by atoms with Crippen LogP contribution in [0.5, 0.6) is 0 Å². The lowest BCUT2D eigenvalue weighted by molar-refractivity contribution is -0.130. The van der Waals surface area contributed by atoms with Crippen molar-refractivity contribution in [1.29, 1.82) is 0 Å². The molecule has 2 heterocycles. The van der Waals surface area contributed by atoms with E-state index in [1.54, 1.807) is 11.8 Å². The van der Waals surface area contributed by atoms with Gasteiger partial charge in [0, 0.05) is 33.9 Å². The van der Waals surface area contributed by atoms with Crippen molar-refractivity contribution in [3.8, 4) is 0 Å².